The number of halogens is 3. The maximum atomic E-state index is 13.4. The fourth-order valence-corrected chi connectivity index (χ4v) is 5.41. The lowest BCUT2D eigenvalue weighted by Gasteiger charge is -2.15. The van der Waals surface area contributed by atoms with Crippen LogP contribution in [0.2, 0.25) is 0 Å². The van der Waals surface area contributed by atoms with Crippen LogP contribution >= 0.6 is 0 Å². The van der Waals surface area contributed by atoms with E-state index in [1.54, 1.807) is 6.07 Å². The Kier molecular flexibility index (Phi) is 4.95. The quantitative estimate of drug-likeness (QED) is 0.302. The molecule has 39 heavy (non-hydrogen) atoms. The molecule has 1 aliphatic heterocycles. The number of hydrogen-bond acceptors (Lipinski definition) is 7. The molecule has 4 N–H and O–H groups in total. The van der Waals surface area contributed by atoms with E-state index in [0.29, 0.717) is 29.7 Å². The molecule has 202 valence electrons. The Labute approximate surface area is 219 Å². The van der Waals surface area contributed by atoms with Gasteiger partial charge in [0.25, 0.3) is 0 Å². The Bertz CT molecular complexity index is 1640. The normalized spacial score (nSPS) is 19.5. The number of ether oxygens (including phenoxy) is 1. The number of fused-ring (bicyclic) bond motifs is 2. The first-order valence-corrected chi connectivity index (χ1v) is 12.7. The Morgan fingerprint density at radius 1 is 1.18 bits per heavy atom. The summed E-state index contributed by atoms with van der Waals surface area (Å²) in [5.41, 5.74) is 8.19. The zero-order valence-electron chi connectivity index (χ0n) is 20.8. The molecule has 1 unspecified atom stereocenters. The van der Waals surface area contributed by atoms with E-state index in [2.05, 4.69) is 36.5 Å². The van der Waals surface area contributed by atoms with Crippen molar-refractivity contribution in [3.63, 3.8) is 0 Å². The first-order valence-electron chi connectivity index (χ1n) is 12.7. The van der Waals surface area contributed by atoms with Gasteiger partial charge in [-0.1, -0.05) is 11.2 Å². The molecule has 4 aromatic rings. The molecule has 0 radical (unpaired) electrons. The lowest BCUT2D eigenvalue weighted by Crippen LogP contribution is -2.28. The van der Waals surface area contributed by atoms with Crippen LogP contribution in [0.1, 0.15) is 50.0 Å². The van der Waals surface area contributed by atoms with Crippen molar-refractivity contribution < 1.29 is 27.2 Å². The molecule has 0 bridgehead atoms. The number of nitrogen functional groups attached to an aromatic ring is 1. The molecule has 2 amide bonds. The average Bonchev–Trinajstić information content (AvgIpc) is 3.77. The third kappa shape index (κ3) is 3.78. The van der Waals surface area contributed by atoms with E-state index in [1.165, 1.54) is 6.33 Å². The summed E-state index contributed by atoms with van der Waals surface area (Å²) in [4.78, 5) is 21.5. The van der Waals surface area contributed by atoms with Crippen molar-refractivity contribution in [3.05, 3.63) is 42.0 Å². The highest BCUT2D eigenvalue weighted by atomic mass is 19.4. The van der Waals surface area contributed by atoms with E-state index in [-0.39, 0.29) is 30.5 Å². The van der Waals surface area contributed by atoms with Gasteiger partial charge < -0.3 is 24.9 Å². The number of rotatable bonds is 5. The van der Waals surface area contributed by atoms with Gasteiger partial charge in [-0.2, -0.15) is 13.2 Å². The summed E-state index contributed by atoms with van der Waals surface area (Å²) in [6.45, 7) is 1.93. The van der Waals surface area contributed by atoms with Crippen LogP contribution < -0.4 is 21.1 Å². The Hall–Kier alpha value is -4.29. The maximum Gasteiger partial charge on any atom is 0.401 e. The maximum absolute atomic E-state index is 13.4. The van der Waals surface area contributed by atoms with Crippen LogP contribution in [0.4, 0.5) is 35.3 Å². The summed E-state index contributed by atoms with van der Waals surface area (Å²) >= 11 is 0. The summed E-state index contributed by atoms with van der Waals surface area (Å²) in [7, 11) is 0. The monoisotopic (exact) mass is 539 g/mol. The van der Waals surface area contributed by atoms with Crippen LogP contribution in [-0.2, 0) is 11.8 Å². The molecule has 3 aliphatic rings. The minimum atomic E-state index is -4.44. The molecule has 3 aromatic heterocycles. The van der Waals surface area contributed by atoms with Gasteiger partial charge in [0, 0.05) is 35.9 Å². The predicted octanol–water partition coefficient (Wildman–Crippen LogP) is 5.56. The van der Waals surface area contributed by atoms with Gasteiger partial charge in [0.15, 0.2) is 11.6 Å². The highest BCUT2D eigenvalue weighted by molar-refractivity contribution is 6.04. The second-order valence-corrected chi connectivity index (χ2v) is 10.5. The lowest BCUT2D eigenvalue weighted by atomic mass is 9.96. The fraction of sp³-hybridized carbons (Fsp3) is 0.385. The topological polar surface area (TPSA) is 133 Å². The second kappa shape index (κ2) is 8.10. The Balaban J connectivity index is 1.18. The number of nitrogens with zero attached hydrogens (tertiary/aromatic N) is 4. The van der Waals surface area contributed by atoms with Gasteiger partial charge in [-0.25, -0.2) is 14.8 Å². The molecular formula is C26H24F3N7O3. The number of urea groups is 1. The fourth-order valence-electron chi connectivity index (χ4n) is 5.41. The second-order valence-electron chi connectivity index (χ2n) is 10.5. The van der Waals surface area contributed by atoms with Gasteiger partial charge in [0.2, 0.25) is 0 Å². The van der Waals surface area contributed by atoms with Crippen molar-refractivity contribution in [2.24, 2.45) is 0 Å². The van der Waals surface area contributed by atoms with E-state index < -0.39 is 17.6 Å². The van der Waals surface area contributed by atoms with Crippen LogP contribution in [-0.4, -0.2) is 38.0 Å². The molecular weight excluding hydrogens is 515 g/mol. The van der Waals surface area contributed by atoms with Gasteiger partial charge >= 0.3 is 12.2 Å². The molecule has 0 spiro atoms. The van der Waals surface area contributed by atoms with E-state index in [0.717, 1.165) is 46.6 Å². The smallest absolute Gasteiger partial charge is 0.401 e. The van der Waals surface area contributed by atoms with Crippen LogP contribution in [0.3, 0.4) is 0 Å². The van der Waals surface area contributed by atoms with Crippen LogP contribution in [0.5, 0.6) is 5.75 Å². The van der Waals surface area contributed by atoms with Gasteiger partial charge in [-0.3, -0.25) is 5.32 Å². The number of nitrogens with one attached hydrogen (secondary N) is 2. The Morgan fingerprint density at radius 2 is 1.97 bits per heavy atom. The van der Waals surface area contributed by atoms with Gasteiger partial charge in [-0.05, 0) is 44.2 Å². The molecule has 7 rings (SSSR count). The molecule has 0 saturated heterocycles. The number of aromatic nitrogens is 4. The largest absolute Gasteiger partial charge is 0.488 e. The number of amides is 2. The number of carbonyl (C=O) groups is 1. The third-order valence-corrected chi connectivity index (χ3v) is 7.70. The first kappa shape index (κ1) is 23.8. The zero-order chi connectivity index (χ0) is 27.1. The first-order chi connectivity index (χ1) is 18.6. The third-order valence-electron chi connectivity index (χ3n) is 7.70. The molecule has 2 fully saturated rings. The molecule has 2 aliphatic carbocycles. The standard InChI is InChI=1S/C26H24F3N7O3/c1-12-8-15-14(16-10-36(13-2-3-13)23-20(16)22(30)31-11-32-23)4-5-17(21(15)38-12)33-24(37)34-19-9-18(39-35-19)25(6-7-25)26(27,28)29/h4-5,9-13H,2-3,6-8H2,1H3,(H2,30,31,32)(H2,33,34,35,37). The lowest BCUT2D eigenvalue weighted by molar-refractivity contribution is -0.165. The zero-order valence-corrected chi connectivity index (χ0v) is 20.8. The van der Waals surface area contributed by atoms with E-state index in [9.17, 15) is 18.0 Å². The van der Waals surface area contributed by atoms with Crippen molar-refractivity contribution in [3.8, 4) is 16.9 Å². The molecule has 10 nitrogen and oxygen atoms in total. The molecule has 4 heterocycles. The van der Waals surface area contributed by atoms with Crippen molar-refractivity contribution >= 4 is 34.4 Å². The number of nitrogens with two attached hydrogens (primary N) is 1. The number of carbonyl (C=O) groups excluding carboxylic acids is 1. The van der Waals surface area contributed by atoms with Crippen molar-refractivity contribution in [1.82, 2.24) is 19.7 Å². The number of benzene rings is 1. The highest BCUT2D eigenvalue weighted by Crippen LogP contribution is 2.59. The summed E-state index contributed by atoms with van der Waals surface area (Å²) < 4.78 is 53.3. The van der Waals surface area contributed by atoms with Crippen LogP contribution in [0, 0.1) is 0 Å². The van der Waals surface area contributed by atoms with Gasteiger partial charge in [-0.15, -0.1) is 0 Å². The number of alkyl halides is 3. The molecule has 1 aromatic carbocycles. The van der Waals surface area contributed by atoms with Gasteiger partial charge in [0.05, 0.1) is 11.1 Å². The predicted molar refractivity (Wildman–Crippen MR) is 136 cm³/mol. The van der Waals surface area contributed by atoms with E-state index in [4.69, 9.17) is 15.0 Å². The van der Waals surface area contributed by atoms with Gasteiger partial charge in [0.1, 0.15) is 35.1 Å². The molecule has 2 saturated carbocycles. The van der Waals surface area contributed by atoms with Crippen LogP contribution in [0.25, 0.3) is 22.2 Å². The Morgan fingerprint density at radius 3 is 2.69 bits per heavy atom. The highest BCUT2D eigenvalue weighted by Gasteiger charge is 2.67. The number of hydrogen-bond donors (Lipinski definition) is 3. The van der Waals surface area contributed by atoms with E-state index in [1.807, 2.05) is 13.0 Å². The summed E-state index contributed by atoms with van der Waals surface area (Å²) in [6.07, 6.45) is 1.58. The minimum Gasteiger partial charge on any atom is -0.488 e. The number of anilines is 3. The SMILES string of the molecule is CC1Cc2c(-c3cn(C4CC4)c4ncnc(N)c34)ccc(NC(=O)Nc3cc(C4(C(F)(F)F)CC4)on3)c2O1. The van der Waals surface area contributed by atoms with Crippen molar-refractivity contribution in [2.45, 2.75) is 62.8 Å². The van der Waals surface area contributed by atoms with Crippen molar-refractivity contribution in [1.29, 1.82) is 0 Å². The molecule has 1 atom stereocenters. The minimum absolute atomic E-state index is 0.0670. The van der Waals surface area contributed by atoms with Crippen LogP contribution in [0.15, 0.2) is 35.2 Å². The summed E-state index contributed by atoms with van der Waals surface area (Å²) in [5.74, 6) is 0.500. The van der Waals surface area contributed by atoms with Crippen molar-refractivity contribution in [2.75, 3.05) is 16.4 Å². The summed E-state index contributed by atoms with van der Waals surface area (Å²) in [5, 5.41) is 9.57. The van der Waals surface area contributed by atoms with E-state index >= 15 is 0 Å². The summed E-state index contributed by atoms with van der Waals surface area (Å²) in [6, 6.07) is 4.43. The molecule has 13 heteroatoms. The average molecular weight is 540 g/mol.